The van der Waals surface area contributed by atoms with Crippen LogP contribution in [-0.2, 0) is 9.59 Å². The Morgan fingerprint density at radius 2 is 1.66 bits per heavy atom. The fourth-order valence-electron chi connectivity index (χ4n) is 2.52. The van der Waals surface area contributed by atoms with Crippen molar-refractivity contribution < 1.29 is 23.9 Å². The Kier molecular flexibility index (Phi) is 7.92. The van der Waals surface area contributed by atoms with Gasteiger partial charge in [0.2, 0.25) is 0 Å². The van der Waals surface area contributed by atoms with Crippen molar-refractivity contribution in [2.45, 2.75) is 0 Å². The Labute approximate surface area is 197 Å². The number of nitrogens with zero attached hydrogens (tertiary/aromatic N) is 1. The van der Waals surface area contributed by atoms with Gasteiger partial charge in [0.15, 0.2) is 0 Å². The topological polar surface area (TPSA) is 106 Å². The number of rotatable bonds is 6. The first-order valence-corrected chi connectivity index (χ1v) is 10.4. The van der Waals surface area contributed by atoms with Crippen LogP contribution in [0.2, 0.25) is 0 Å². The maximum absolute atomic E-state index is 12.3. The number of halogens is 1. The molecule has 2 N–H and O–H groups in total. The van der Waals surface area contributed by atoms with Crippen LogP contribution in [0.25, 0.3) is 0 Å². The van der Waals surface area contributed by atoms with Crippen LogP contribution in [0, 0.1) is 3.57 Å². The molecule has 0 aromatic heterocycles. The lowest BCUT2D eigenvalue weighted by Crippen LogP contribution is -2.32. The van der Waals surface area contributed by atoms with Gasteiger partial charge in [0.25, 0.3) is 0 Å². The molecule has 0 spiro atoms. The summed E-state index contributed by atoms with van der Waals surface area (Å²) < 4.78 is 11.2. The number of ether oxygens (including phenoxy) is 2. The first-order valence-electron chi connectivity index (χ1n) is 9.31. The molecular weight excluding hydrogens is 525 g/mol. The van der Waals surface area contributed by atoms with Crippen molar-refractivity contribution in [1.29, 1.82) is 0 Å². The molecule has 3 aromatic rings. The molecule has 9 heteroatoms. The maximum Gasteiger partial charge on any atom is 0.344 e. The molecule has 0 aliphatic heterocycles. The molecule has 0 bridgehead atoms. The van der Waals surface area contributed by atoms with E-state index in [-0.39, 0.29) is 0 Å². The second-order valence-corrected chi connectivity index (χ2v) is 7.49. The molecule has 0 saturated carbocycles. The van der Waals surface area contributed by atoms with Crippen LogP contribution in [0.5, 0.6) is 11.5 Å². The summed E-state index contributed by atoms with van der Waals surface area (Å²) in [6.45, 7) is 0. The van der Waals surface area contributed by atoms with Crippen LogP contribution < -0.4 is 20.2 Å². The number of esters is 1. The zero-order valence-electron chi connectivity index (χ0n) is 16.9. The molecule has 0 aliphatic carbocycles. The van der Waals surface area contributed by atoms with E-state index in [0.29, 0.717) is 28.3 Å². The fourth-order valence-corrected chi connectivity index (χ4v) is 3.12. The summed E-state index contributed by atoms with van der Waals surface area (Å²) in [5, 5.41) is 6.22. The zero-order chi connectivity index (χ0) is 22.9. The summed E-state index contributed by atoms with van der Waals surface area (Å²) >= 11 is 2.07. The van der Waals surface area contributed by atoms with Crippen LogP contribution in [-0.4, -0.2) is 31.1 Å². The molecule has 0 unspecified atom stereocenters. The van der Waals surface area contributed by atoms with E-state index in [1.54, 1.807) is 60.7 Å². The molecule has 2 amide bonds. The van der Waals surface area contributed by atoms with Gasteiger partial charge in [-0.15, -0.1) is 0 Å². The van der Waals surface area contributed by atoms with E-state index in [1.165, 1.54) is 13.3 Å². The number of hydrogen-bond donors (Lipinski definition) is 2. The summed E-state index contributed by atoms with van der Waals surface area (Å²) in [5.74, 6) is -1.33. The molecule has 3 rings (SSSR count). The molecular formula is C23H18IN3O5. The van der Waals surface area contributed by atoms with E-state index >= 15 is 0 Å². The summed E-state index contributed by atoms with van der Waals surface area (Å²) in [6, 6.07) is 20.3. The molecule has 3 aromatic carbocycles. The van der Waals surface area contributed by atoms with Crippen molar-refractivity contribution in [2.24, 2.45) is 5.10 Å². The summed E-state index contributed by atoms with van der Waals surface area (Å²) in [5.41, 5.74) is 3.69. The summed E-state index contributed by atoms with van der Waals surface area (Å²) in [6.07, 6.45) is 1.36. The van der Waals surface area contributed by atoms with Gasteiger partial charge in [-0.25, -0.2) is 10.2 Å². The van der Waals surface area contributed by atoms with E-state index < -0.39 is 17.8 Å². The van der Waals surface area contributed by atoms with E-state index in [2.05, 4.69) is 38.4 Å². The molecule has 32 heavy (non-hydrogen) atoms. The Bertz CT molecular complexity index is 1160. The highest BCUT2D eigenvalue weighted by Gasteiger charge is 2.13. The number of methoxy groups -OCH3 is 1. The van der Waals surface area contributed by atoms with Gasteiger partial charge < -0.3 is 14.8 Å². The van der Waals surface area contributed by atoms with Crippen molar-refractivity contribution >= 4 is 52.3 Å². The monoisotopic (exact) mass is 543 g/mol. The minimum atomic E-state index is -0.924. The van der Waals surface area contributed by atoms with E-state index in [4.69, 9.17) is 9.47 Å². The molecule has 0 aliphatic rings. The van der Waals surface area contributed by atoms with Gasteiger partial charge in [-0.1, -0.05) is 18.2 Å². The number of hydrazone groups is 1. The van der Waals surface area contributed by atoms with E-state index in [1.807, 2.05) is 12.1 Å². The lowest BCUT2D eigenvalue weighted by molar-refractivity contribution is -0.136. The molecule has 0 atom stereocenters. The third-order valence-electron chi connectivity index (χ3n) is 4.10. The van der Waals surface area contributed by atoms with Gasteiger partial charge in [-0.3, -0.25) is 9.59 Å². The molecule has 162 valence electrons. The first kappa shape index (κ1) is 22.9. The molecule has 0 fully saturated rings. The Morgan fingerprint density at radius 1 is 0.906 bits per heavy atom. The van der Waals surface area contributed by atoms with Crippen LogP contribution in [0.3, 0.4) is 0 Å². The summed E-state index contributed by atoms with van der Waals surface area (Å²) in [4.78, 5) is 36.1. The molecule has 8 nitrogen and oxygen atoms in total. The predicted molar refractivity (Wildman–Crippen MR) is 128 cm³/mol. The van der Waals surface area contributed by atoms with E-state index in [0.717, 1.165) is 3.57 Å². The third kappa shape index (κ3) is 6.38. The number of amides is 2. The highest BCUT2D eigenvalue weighted by atomic mass is 127. The van der Waals surface area contributed by atoms with Gasteiger partial charge in [0, 0.05) is 15.3 Å². The largest absolute Gasteiger partial charge is 0.497 e. The van der Waals surface area contributed by atoms with Crippen LogP contribution in [0.15, 0.2) is 77.9 Å². The Hall–Kier alpha value is -3.73. The van der Waals surface area contributed by atoms with Crippen molar-refractivity contribution in [3.63, 3.8) is 0 Å². The van der Waals surface area contributed by atoms with Gasteiger partial charge in [-0.2, -0.15) is 5.10 Å². The lowest BCUT2D eigenvalue weighted by atomic mass is 10.2. The van der Waals surface area contributed by atoms with Crippen molar-refractivity contribution in [3.05, 3.63) is 87.5 Å². The number of nitrogens with one attached hydrogen (secondary N) is 2. The molecule has 0 saturated heterocycles. The quantitative estimate of drug-likeness (QED) is 0.124. The van der Waals surface area contributed by atoms with Crippen molar-refractivity contribution in [2.75, 3.05) is 12.4 Å². The van der Waals surface area contributed by atoms with Crippen molar-refractivity contribution in [3.8, 4) is 11.5 Å². The number of carbonyl (C=O) groups excluding carboxylic acids is 3. The smallest absolute Gasteiger partial charge is 0.344 e. The number of carbonyl (C=O) groups is 3. The number of anilines is 1. The second-order valence-electron chi connectivity index (χ2n) is 6.32. The lowest BCUT2D eigenvalue weighted by Gasteiger charge is -2.06. The van der Waals surface area contributed by atoms with Gasteiger partial charge in [-0.05, 0) is 76.7 Å². The minimum Gasteiger partial charge on any atom is -0.497 e. The van der Waals surface area contributed by atoms with E-state index in [9.17, 15) is 14.4 Å². The zero-order valence-corrected chi connectivity index (χ0v) is 19.0. The number of hydrogen-bond acceptors (Lipinski definition) is 6. The standard InChI is InChI=1S/C23H18IN3O5/c1-31-18-6-4-5-16(13-18)26-21(28)22(29)27-25-14-15-9-11-17(12-10-15)32-23(30)19-7-2-3-8-20(19)24/h2-14H,1H3,(H,26,28)(H,27,29)/b25-14+. The van der Waals surface area contributed by atoms with Crippen LogP contribution >= 0.6 is 22.6 Å². The Balaban J connectivity index is 1.52. The molecule has 0 radical (unpaired) electrons. The Morgan fingerprint density at radius 3 is 2.38 bits per heavy atom. The third-order valence-corrected chi connectivity index (χ3v) is 5.04. The van der Waals surface area contributed by atoms with Gasteiger partial charge >= 0.3 is 17.8 Å². The highest BCUT2D eigenvalue weighted by Crippen LogP contribution is 2.18. The SMILES string of the molecule is COc1cccc(NC(=O)C(=O)N/N=C/c2ccc(OC(=O)c3ccccc3I)cc2)c1. The van der Waals surface area contributed by atoms with Gasteiger partial charge in [0.05, 0.1) is 18.9 Å². The minimum absolute atomic E-state index is 0.369. The average molecular weight is 543 g/mol. The first-order chi connectivity index (χ1) is 15.5. The molecule has 0 heterocycles. The normalized spacial score (nSPS) is 10.4. The van der Waals surface area contributed by atoms with Gasteiger partial charge in [0.1, 0.15) is 11.5 Å². The highest BCUT2D eigenvalue weighted by molar-refractivity contribution is 14.1. The number of benzene rings is 3. The second kappa shape index (κ2) is 11.0. The predicted octanol–water partition coefficient (Wildman–Crippen LogP) is 3.61. The average Bonchev–Trinajstić information content (AvgIpc) is 2.80. The maximum atomic E-state index is 12.3. The fraction of sp³-hybridized carbons (Fsp3) is 0.0435. The van der Waals surface area contributed by atoms with Crippen LogP contribution in [0.1, 0.15) is 15.9 Å². The summed E-state index contributed by atoms with van der Waals surface area (Å²) in [7, 11) is 1.50. The van der Waals surface area contributed by atoms with Crippen LogP contribution in [0.4, 0.5) is 5.69 Å². The van der Waals surface area contributed by atoms with Crippen molar-refractivity contribution in [1.82, 2.24) is 5.43 Å².